The third-order valence-electron chi connectivity index (χ3n) is 1.62. The largest absolute Gasteiger partial charge is 0.505 e. The van der Waals surface area contributed by atoms with Gasteiger partial charge in [0.2, 0.25) is 0 Å². The molecular weight excluding hydrogens is 200 g/mol. The molecule has 0 aliphatic heterocycles. The molecule has 0 bridgehead atoms. The lowest BCUT2D eigenvalue weighted by Gasteiger charge is -2.10. The summed E-state index contributed by atoms with van der Waals surface area (Å²) in [6, 6.07) is 1.13. The zero-order chi connectivity index (χ0) is 10.0. The van der Waals surface area contributed by atoms with Gasteiger partial charge in [0.15, 0.2) is 11.6 Å². The molecule has 0 saturated carbocycles. The Morgan fingerprint density at radius 3 is 2.69 bits per heavy atom. The van der Waals surface area contributed by atoms with Gasteiger partial charge in [-0.2, -0.15) is 0 Å². The van der Waals surface area contributed by atoms with E-state index in [-0.39, 0.29) is 10.6 Å². The Morgan fingerprint density at radius 2 is 2.15 bits per heavy atom. The summed E-state index contributed by atoms with van der Waals surface area (Å²) in [7, 11) is 0. The van der Waals surface area contributed by atoms with Crippen molar-refractivity contribution in [2.45, 2.75) is 6.04 Å². The lowest BCUT2D eigenvalue weighted by Crippen LogP contribution is -2.12. The van der Waals surface area contributed by atoms with Gasteiger partial charge in [0.1, 0.15) is 6.67 Å². The van der Waals surface area contributed by atoms with Gasteiger partial charge in [0.25, 0.3) is 0 Å². The lowest BCUT2D eigenvalue weighted by atomic mass is 10.1. The maximum absolute atomic E-state index is 12.8. The summed E-state index contributed by atoms with van der Waals surface area (Å²) in [5.74, 6) is -1.54. The predicted octanol–water partition coefficient (Wildman–Crippen LogP) is 2.15. The molecule has 0 aliphatic carbocycles. The van der Waals surface area contributed by atoms with E-state index in [0.29, 0.717) is 0 Å². The summed E-state index contributed by atoms with van der Waals surface area (Å²) in [5, 5.41) is 9.22. The molecule has 5 heteroatoms. The fraction of sp³-hybridized carbons (Fsp3) is 0.250. The average Bonchev–Trinajstić information content (AvgIpc) is 2.10. The van der Waals surface area contributed by atoms with Crippen LogP contribution in [0.25, 0.3) is 0 Å². The summed E-state index contributed by atoms with van der Waals surface area (Å²) in [6.07, 6.45) is 0. The van der Waals surface area contributed by atoms with Crippen LogP contribution in [0, 0.1) is 5.82 Å². The van der Waals surface area contributed by atoms with Crippen molar-refractivity contribution in [1.29, 1.82) is 0 Å². The maximum Gasteiger partial charge on any atom is 0.166 e. The standard InChI is InChI=1S/C8H8ClF2NO/c9-4-1-5(7(12)3-10)8(13)6(11)2-4/h1-2,7,13H,3,12H2/t7-/m0/s1. The molecule has 1 aromatic carbocycles. The molecule has 0 saturated heterocycles. The van der Waals surface area contributed by atoms with E-state index in [1.54, 1.807) is 0 Å². The quantitative estimate of drug-likeness (QED) is 0.781. The second-order valence-electron chi connectivity index (χ2n) is 2.59. The van der Waals surface area contributed by atoms with Gasteiger partial charge < -0.3 is 10.8 Å². The fourth-order valence-electron chi connectivity index (χ4n) is 0.952. The number of benzene rings is 1. The average molecular weight is 208 g/mol. The van der Waals surface area contributed by atoms with Crippen molar-refractivity contribution in [2.75, 3.05) is 6.67 Å². The van der Waals surface area contributed by atoms with E-state index in [4.69, 9.17) is 22.4 Å². The first-order chi connectivity index (χ1) is 6.06. The Bertz CT molecular complexity index is 319. The third kappa shape index (κ3) is 2.08. The SMILES string of the molecule is N[C@@H](CF)c1cc(Cl)cc(F)c1O. The molecule has 13 heavy (non-hydrogen) atoms. The van der Waals surface area contributed by atoms with E-state index in [1.165, 1.54) is 6.07 Å². The van der Waals surface area contributed by atoms with E-state index in [9.17, 15) is 8.78 Å². The zero-order valence-electron chi connectivity index (χ0n) is 6.60. The number of alkyl halides is 1. The van der Waals surface area contributed by atoms with Crippen LogP contribution in [0.2, 0.25) is 5.02 Å². The minimum Gasteiger partial charge on any atom is -0.505 e. The Kier molecular flexibility index (Phi) is 3.06. The fourth-order valence-corrected chi connectivity index (χ4v) is 1.16. The third-order valence-corrected chi connectivity index (χ3v) is 1.84. The van der Waals surface area contributed by atoms with Gasteiger partial charge in [-0.25, -0.2) is 8.78 Å². The van der Waals surface area contributed by atoms with Crippen molar-refractivity contribution < 1.29 is 13.9 Å². The van der Waals surface area contributed by atoms with Gasteiger partial charge in [-0.05, 0) is 12.1 Å². The van der Waals surface area contributed by atoms with Crippen molar-refractivity contribution >= 4 is 11.6 Å². The molecule has 0 aromatic heterocycles. The first kappa shape index (κ1) is 10.2. The van der Waals surface area contributed by atoms with Gasteiger partial charge in [0.05, 0.1) is 6.04 Å². The maximum atomic E-state index is 12.8. The number of phenolic OH excluding ortho intramolecular Hbond substituents is 1. The summed E-state index contributed by atoms with van der Waals surface area (Å²) >= 11 is 5.49. The summed E-state index contributed by atoms with van der Waals surface area (Å²) in [6.45, 7) is -0.882. The lowest BCUT2D eigenvalue weighted by molar-refractivity contribution is 0.396. The Hall–Kier alpha value is -0.870. The molecule has 0 radical (unpaired) electrons. The van der Waals surface area contributed by atoms with Crippen LogP contribution in [-0.2, 0) is 0 Å². The first-order valence-electron chi connectivity index (χ1n) is 3.55. The minimum absolute atomic E-state index is 0.0208. The molecule has 1 rings (SSSR count). The van der Waals surface area contributed by atoms with E-state index in [0.717, 1.165) is 6.07 Å². The van der Waals surface area contributed by atoms with Crippen molar-refractivity contribution in [3.63, 3.8) is 0 Å². The molecule has 0 spiro atoms. The van der Waals surface area contributed by atoms with E-state index in [1.807, 2.05) is 0 Å². The highest BCUT2D eigenvalue weighted by Gasteiger charge is 2.15. The van der Waals surface area contributed by atoms with Crippen LogP contribution in [0.1, 0.15) is 11.6 Å². The second-order valence-corrected chi connectivity index (χ2v) is 3.02. The summed E-state index contributed by atoms with van der Waals surface area (Å²) in [5.41, 5.74) is 5.25. The Balaban J connectivity index is 3.20. The molecule has 0 unspecified atom stereocenters. The van der Waals surface area contributed by atoms with Crippen LogP contribution in [0.5, 0.6) is 5.75 Å². The molecule has 0 heterocycles. The van der Waals surface area contributed by atoms with Crippen molar-refractivity contribution in [3.8, 4) is 5.75 Å². The number of rotatable bonds is 2. The monoisotopic (exact) mass is 207 g/mol. The highest BCUT2D eigenvalue weighted by Crippen LogP contribution is 2.29. The Morgan fingerprint density at radius 1 is 1.54 bits per heavy atom. The first-order valence-corrected chi connectivity index (χ1v) is 3.93. The number of phenols is 1. The van der Waals surface area contributed by atoms with Crippen LogP contribution < -0.4 is 5.73 Å². The molecule has 0 amide bonds. The number of hydrogen-bond acceptors (Lipinski definition) is 2. The zero-order valence-corrected chi connectivity index (χ0v) is 7.35. The molecule has 1 atom stereocenters. The highest BCUT2D eigenvalue weighted by atomic mass is 35.5. The summed E-state index contributed by atoms with van der Waals surface area (Å²) < 4.78 is 24.9. The Labute approximate surface area is 78.9 Å². The summed E-state index contributed by atoms with van der Waals surface area (Å²) in [4.78, 5) is 0. The normalized spacial score (nSPS) is 12.9. The van der Waals surface area contributed by atoms with Gasteiger partial charge in [-0.15, -0.1) is 0 Å². The molecule has 1 aromatic rings. The number of halogens is 3. The number of hydrogen-bond donors (Lipinski definition) is 2. The van der Waals surface area contributed by atoms with Gasteiger partial charge >= 0.3 is 0 Å². The van der Waals surface area contributed by atoms with Crippen LogP contribution in [0.4, 0.5) is 8.78 Å². The van der Waals surface area contributed by atoms with Crippen LogP contribution in [-0.4, -0.2) is 11.8 Å². The second kappa shape index (κ2) is 3.89. The van der Waals surface area contributed by atoms with Crippen molar-refractivity contribution in [2.24, 2.45) is 5.73 Å². The minimum atomic E-state index is -1.05. The number of nitrogens with two attached hydrogens (primary N) is 1. The van der Waals surface area contributed by atoms with Crippen LogP contribution in [0.15, 0.2) is 12.1 Å². The highest BCUT2D eigenvalue weighted by molar-refractivity contribution is 6.30. The smallest absolute Gasteiger partial charge is 0.166 e. The van der Waals surface area contributed by atoms with Crippen LogP contribution >= 0.6 is 11.6 Å². The van der Waals surface area contributed by atoms with Gasteiger partial charge in [0, 0.05) is 10.6 Å². The molecule has 0 fully saturated rings. The van der Waals surface area contributed by atoms with Crippen molar-refractivity contribution in [1.82, 2.24) is 0 Å². The van der Waals surface area contributed by atoms with E-state index in [2.05, 4.69) is 0 Å². The van der Waals surface area contributed by atoms with E-state index < -0.39 is 24.3 Å². The van der Waals surface area contributed by atoms with Crippen molar-refractivity contribution in [3.05, 3.63) is 28.5 Å². The molecule has 0 aliphatic rings. The van der Waals surface area contributed by atoms with Gasteiger partial charge in [-0.1, -0.05) is 11.6 Å². The molecule has 2 nitrogen and oxygen atoms in total. The topological polar surface area (TPSA) is 46.2 Å². The number of aromatic hydroxyl groups is 1. The predicted molar refractivity (Wildman–Crippen MR) is 46.0 cm³/mol. The molecule has 72 valence electrons. The van der Waals surface area contributed by atoms with E-state index >= 15 is 0 Å². The van der Waals surface area contributed by atoms with Crippen LogP contribution in [0.3, 0.4) is 0 Å². The molecular formula is C8H8ClF2NO. The molecule has 3 N–H and O–H groups in total. The van der Waals surface area contributed by atoms with Gasteiger partial charge in [-0.3, -0.25) is 0 Å².